The molecule has 0 bridgehead atoms. The Morgan fingerprint density at radius 3 is 2.43 bits per heavy atom. The summed E-state index contributed by atoms with van der Waals surface area (Å²) in [5, 5.41) is 0.715. The average Bonchev–Trinajstić information content (AvgIpc) is 2.98. The normalized spacial score (nSPS) is 11.4. The number of benzene rings is 2. The second-order valence-electron chi connectivity index (χ2n) is 7.44. The van der Waals surface area contributed by atoms with Gasteiger partial charge in [0.2, 0.25) is 0 Å². The Morgan fingerprint density at radius 2 is 1.77 bits per heavy atom. The molecule has 4 aromatic rings. The summed E-state index contributed by atoms with van der Waals surface area (Å²) < 4.78 is 17.1. The summed E-state index contributed by atoms with van der Waals surface area (Å²) in [4.78, 5) is 28.4. The fraction of sp³-hybridized carbons (Fsp3) is 0.217. The largest absolute Gasteiger partial charge is 0.337 e. The molecule has 2 aromatic heterocycles. The fourth-order valence-electron chi connectivity index (χ4n) is 3.53. The van der Waals surface area contributed by atoms with Crippen LogP contribution in [-0.4, -0.2) is 9.13 Å². The van der Waals surface area contributed by atoms with E-state index in [1.807, 2.05) is 39.8 Å². The predicted molar refractivity (Wildman–Crippen MR) is 121 cm³/mol. The van der Waals surface area contributed by atoms with Gasteiger partial charge in [0.25, 0.3) is 5.56 Å². The second-order valence-corrected chi connectivity index (χ2v) is 9.05. The molecule has 0 N–H and O–H groups in total. The lowest BCUT2D eigenvalue weighted by atomic mass is 10.1. The van der Waals surface area contributed by atoms with Gasteiger partial charge in [0, 0.05) is 15.5 Å². The molecular formula is C23H20ClFN2O2S. The molecule has 4 rings (SSSR count). The van der Waals surface area contributed by atoms with Gasteiger partial charge >= 0.3 is 5.69 Å². The number of nitrogens with zero attached hydrogens (tertiary/aromatic N) is 2. The Kier molecular flexibility index (Phi) is 5.16. The third kappa shape index (κ3) is 3.20. The van der Waals surface area contributed by atoms with Crippen LogP contribution in [0.1, 0.15) is 27.1 Å². The lowest BCUT2D eigenvalue weighted by Gasteiger charge is -2.14. The van der Waals surface area contributed by atoms with Crippen LogP contribution in [0.4, 0.5) is 4.39 Å². The van der Waals surface area contributed by atoms with E-state index in [9.17, 15) is 14.0 Å². The van der Waals surface area contributed by atoms with Crippen LogP contribution in [0.15, 0.2) is 46.0 Å². The Balaban J connectivity index is 2.10. The van der Waals surface area contributed by atoms with Crippen molar-refractivity contribution in [3.8, 4) is 5.69 Å². The van der Waals surface area contributed by atoms with Gasteiger partial charge in [0.15, 0.2) is 0 Å². The molecule has 7 heteroatoms. The van der Waals surface area contributed by atoms with E-state index in [4.69, 9.17) is 11.6 Å². The summed E-state index contributed by atoms with van der Waals surface area (Å²) >= 11 is 7.58. The van der Waals surface area contributed by atoms with Crippen LogP contribution in [0.2, 0.25) is 5.02 Å². The molecule has 0 spiro atoms. The number of aromatic nitrogens is 2. The van der Waals surface area contributed by atoms with Crippen LogP contribution in [0.3, 0.4) is 0 Å². The van der Waals surface area contributed by atoms with E-state index in [0.717, 1.165) is 21.6 Å². The number of rotatable bonds is 3. The first-order chi connectivity index (χ1) is 14.2. The van der Waals surface area contributed by atoms with Crippen LogP contribution >= 0.6 is 22.9 Å². The topological polar surface area (TPSA) is 44.0 Å². The minimum Gasteiger partial charge on any atom is -0.279 e. The van der Waals surface area contributed by atoms with Gasteiger partial charge in [-0.2, -0.15) is 0 Å². The highest BCUT2D eigenvalue weighted by Crippen LogP contribution is 2.29. The van der Waals surface area contributed by atoms with Crippen LogP contribution in [-0.2, 0) is 6.54 Å². The molecule has 0 aliphatic carbocycles. The zero-order valence-electron chi connectivity index (χ0n) is 17.0. The van der Waals surface area contributed by atoms with Crippen molar-refractivity contribution in [2.75, 3.05) is 0 Å². The fourth-order valence-corrected chi connectivity index (χ4v) is 4.89. The minimum atomic E-state index is -0.517. The number of thiophene rings is 1. The first-order valence-corrected chi connectivity index (χ1v) is 10.7. The average molecular weight is 443 g/mol. The van der Waals surface area contributed by atoms with Crippen molar-refractivity contribution in [3.63, 3.8) is 0 Å². The van der Waals surface area contributed by atoms with Crippen LogP contribution in [0.25, 0.3) is 15.9 Å². The van der Waals surface area contributed by atoms with Crippen molar-refractivity contribution < 1.29 is 4.39 Å². The van der Waals surface area contributed by atoms with Gasteiger partial charge in [-0.05, 0) is 68.7 Å². The molecule has 0 aliphatic rings. The van der Waals surface area contributed by atoms with Crippen molar-refractivity contribution in [2.24, 2.45) is 0 Å². The second kappa shape index (κ2) is 7.52. The van der Waals surface area contributed by atoms with E-state index in [1.54, 1.807) is 12.1 Å². The van der Waals surface area contributed by atoms with Crippen LogP contribution < -0.4 is 11.2 Å². The molecule has 0 aliphatic heterocycles. The van der Waals surface area contributed by atoms with E-state index in [-0.39, 0.29) is 22.7 Å². The summed E-state index contributed by atoms with van der Waals surface area (Å²) in [6, 6.07) is 9.88. The molecule has 30 heavy (non-hydrogen) atoms. The monoisotopic (exact) mass is 442 g/mol. The maximum Gasteiger partial charge on any atom is 0.337 e. The van der Waals surface area contributed by atoms with E-state index in [0.29, 0.717) is 15.9 Å². The molecule has 4 nitrogen and oxygen atoms in total. The molecule has 0 amide bonds. The van der Waals surface area contributed by atoms with E-state index >= 15 is 0 Å². The number of aryl methyl sites for hydroxylation is 4. The summed E-state index contributed by atoms with van der Waals surface area (Å²) in [6.45, 7) is 7.61. The highest BCUT2D eigenvalue weighted by atomic mass is 35.5. The van der Waals surface area contributed by atoms with Gasteiger partial charge in [-0.15, -0.1) is 11.3 Å². The standard InChI is InChI=1S/C23H20ClFN2O2S/c1-12-8-9-16(10-13(12)2)27-21(28)20-14(3)15(4)30-22(20)26(23(27)29)11-17-18(24)6-5-7-19(17)25/h5-10H,11H2,1-4H3. The maximum absolute atomic E-state index is 14.5. The van der Waals surface area contributed by atoms with Crippen LogP contribution in [0, 0.1) is 33.5 Å². The highest BCUT2D eigenvalue weighted by Gasteiger charge is 2.21. The lowest BCUT2D eigenvalue weighted by molar-refractivity contribution is 0.595. The Hall–Kier alpha value is -2.70. The van der Waals surface area contributed by atoms with Gasteiger partial charge in [0.1, 0.15) is 10.6 Å². The summed E-state index contributed by atoms with van der Waals surface area (Å²) in [5.41, 5.74) is 2.69. The highest BCUT2D eigenvalue weighted by molar-refractivity contribution is 7.18. The third-order valence-corrected chi connectivity index (χ3v) is 7.16. The summed E-state index contributed by atoms with van der Waals surface area (Å²) in [5.74, 6) is -0.489. The van der Waals surface area contributed by atoms with Gasteiger partial charge in [-0.3, -0.25) is 9.36 Å². The lowest BCUT2D eigenvalue weighted by Crippen LogP contribution is -2.39. The van der Waals surface area contributed by atoms with Gasteiger partial charge < -0.3 is 0 Å². The van der Waals surface area contributed by atoms with Crippen molar-refractivity contribution in [2.45, 2.75) is 34.2 Å². The molecule has 154 valence electrons. The molecule has 2 aromatic carbocycles. The molecule has 0 unspecified atom stereocenters. The van der Waals surface area contributed by atoms with Gasteiger partial charge in [-0.25, -0.2) is 13.8 Å². The zero-order valence-corrected chi connectivity index (χ0v) is 18.6. The smallest absolute Gasteiger partial charge is 0.279 e. The number of hydrogen-bond acceptors (Lipinski definition) is 3. The third-order valence-electron chi connectivity index (χ3n) is 5.58. The van der Waals surface area contributed by atoms with Crippen LogP contribution in [0.5, 0.6) is 0 Å². The van der Waals surface area contributed by atoms with E-state index in [1.165, 1.54) is 32.6 Å². The van der Waals surface area contributed by atoms with Gasteiger partial charge in [-0.1, -0.05) is 23.7 Å². The number of halogens is 2. The van der Waals surface area contributed by atoms with Crippen molar-refractivity contribution in [1.82, 2.24) is 9.13 Å². The van der Waals surface area contributed by atoms with E-state index in [2.05, 4.69) is 0 Å². The summed E-state index contributed by atoms with van der Waals surface area (Å²) in [6.07, 6.45) is 0. The molecule has 2 heterocycles. The first kappa shape index (κ1) is 20.6. The predicted octanol–water partition coefficient (Wildman–Crippen LogP) is 5.29. The summed E-state index contributed by atoms with van der Waals surface area (Å²) in [7, 11) is 0. The number of hydrogen-bond donors (Lipinski definition) is 0. The van der Waals surface area contributed by atoms with Crippen molar-refractivity contribution >= 4 is 33.2 Å². The first-order valence-electron chi connectivity index (χ1n) is 9.46. The van der Waals surface area contributed by atoms with Crippen molar-refractivity contribution in [1.29, 1.82) is 0 Å². The molecule has 0 saturated carbocycles. The maximum atomic E-state index is 14.5. The van der Waals surface area contributed by atoms with Gasteiger partial charge in [0.05, 0.1) is 17.6 Å². The molecular weight excluding hydrogens is 423 g/mol. The molecule has 0 fully saturated rings. The van der Waals surface area contributed by atoms with Crippen molar-refractivity contribution in [3.05, 3.63) is 95.2 Å². The molecule has 0 atom stereocenters. The number of fused-ring (bicyclic) bond motifs is 1. The Morgan fingerprint density at radius 1 is 1.03 bits per heavy atom. The minimum absolute atomic E-state index is 0.0641. The Bertz CT molecular complexity index is 1410. The Labute approximate surface area is 181 Å². The van der Waals surface area contributed by atoms with E-state index < -0.39 is 11.5 Å². The quantitative estimate of drug-likeness (QED) is 0.432. The zero-order chi connectivity index (χ0) is 21.7. The molecule has 0 saturated heterocycles. The molecule has 0 radical (unpaired) electrons. The SMILES string of the molecule is Cc1ccc(-n2c(=O)c3c(C)c(C)sc3n(Cc3c(F)cccc3Cl)c2=O)cc1C.